The summed E-state index contributed by atoms with van der Waals surface area (Å²) in [6.07, 6.45) is -1.53. The number of phenols is 5. The molecule has 0 spiro atoms. The van der Waals surface area contributed by atoms with Gasteiger partial charge < -0.3 is 44.8 Å². The first kappa shape index (κ1) is 23.4. The summed E-state index contributed by atoms with van der Waals surface area (Å²) in [5.41, 5.74) is 2.93. The first-order valence-corrected chi connectivity index (χ1v) is 12.5. The third-order valence-corrected chi connectivity index (χ3v) is 7.78. The van der Waals surface area contributed by atoms with Gasteiger partial charge in [-0.1, -0.05) is 24.3 Å². The Labute approximate surface area is 222 Å². The van der Waals surface area contributed by atoms with E-state index in [0.717, 1.165) is 5.56 Å². The molecule has 9 heteroatoms. The van der Waals surface area contributed by atoms with Crippen LogP contribution in [0.5, 0.6) is 46.0 Å². The van der Waals surface area contributed by atoms with E-state index in [-0.39, 0.29) is 41.1 Å². The number of hydrogen-bond acceptors (Lipinski definition) is 9. The van der Waals surface area contributed by atoms with Gasteiger partial charge in [0.25, 0.3) is 5.79 Å². The van der Waals surface area contributed by atoms with Crippen LogP contribution in [0.2, 0.25) is 0 Å². The number of aromatic hydroxyl groups is 5. The second-order valence-corrected chi connectivity index (χ2v) is 10.1. The molecule has 0 fully saturated rings. The lowest BCUT2D eigenvalue weighted by atomic mass is 9.76. The second-order valence-electron chi connectivity index (χ2n) is 10.1. The molecule has 198 valence electrons. The molecule has 0 amide bonds. The Hall–Kier alpha value is -4.76. The highest BCUT2D eigenvalue weighted by Gasteiger charge is 2.52. The third-order valence-electron chi connectivity index (χ3n) is 7.78. The minimum atomic E-state index is -1.37. The van der Waals surface area contributed by atoms with Crippen LogP contribution in [-0.4, -0.2) is 36.7 Å². The number of ether oxygens (including phenoxy) is 3. The van der Waals surface area contributed by atoms with Gasteiger partial charge in [0.2, 0.25) is 0 Å². The Kier molecular flexibility index (Phi) is 4.86. The molecule has 3 aliphatic heterocycles. The molecular formula is C30H24O9. The number of para-hydroxylation sites is 1. The second kappa shape index (κ2) is 8.12. The van der Waals surface area contributed by atoms with Gasteiger partial charge in [0.15, 0.2) is 23.0 Å². The monoisotopic (exact) mass is 528 g/mol. The summed E-state index contributed by atoms with van der Waals surface area (Å²) in [7, 11) is 0. The van der Waals surface area contributed by atoms with E-state index in [4.69, 9.17) is 14.2 Å². The molecule has 7 rings (SSSR count). The first-order valence-electron chi connectivity index (χ1n) is 12.5. The van der Waals surface area contributed by atoms with Crippen LogP contribution >= 0.6 is 0 Å². The molecule has 39 heavy (non-hydrogen) atoms. The van der Waals surface area contributed by atoms with Gasteiger partial charge >= 0.3 is 0 Å². The quantitative estimate of drug-likeness (QED) is 0.208. The van der Waals surface area contributed by atoms with Crippen LogP contribution in [-0.2, 0) is 12.2 Å². The molecule has 0 saturated carbocycles. The van der Waals surface area contributed by atoms with Crippen molar-refractivity contribution in [3.63, 3.8) is 0 Å². The molecule has 0 aromatic heterocycles. The zero-order valence-corrected chi connectivity index (χ0v) is 20.4. The Bertz CT molecular complexity index is 1650. The highest BCUT2D eigenvalue weighted by molar-refractivity contribution is 5.65. The van der Waals surface area contributed by atoms with Crippen LogP contribution in [0.4, 0.5) is 0 Å². The van der Waals surface area contributed by atoms with Crippen molar-refractivity contribution >= 4 is 0 Å². The highest BCUT2D eigenvalue weighted by atomic mass is 16.7. The molecule has 0 saturated heterocycles. The normalized spacial score (nSPS) is 24.3. The van der Waals surface area contributed by atoms with Gasteiger partial charge in [-0.3, -0.25) is 0 Å². The number of aliphatic hydroxyl groups excluding tert-OH is 1. The Balaban J connectivity index is 1.41. The van der Waals surface area contributed by atoms with E-state index in [2.05, 4.69) is 0 Å². The lowest BCUT2D eigenvalue weighted by molar-refractivity contribution is -0.149. The molecule has 0 unspecified atom stereocenters. The van der Waals surface area contributed by atoms with Crippen molar-refractivity contribution in [3.8, 4) is 46.0 Å². The summed E-state index contributed by atoms with van der Waals surface area (Å²) in [5.74, 6) is -1.76. The smallest absolute Gasteiger partial charge is 0.279 e. The number of aliphatic hydroxyl groups is 1. The average Bonchev–Trinajstić information content (AvgIpc) is 2.91. The number of benzene rings is 4. The molecule has 6 N–H and O–H groups in total. The van der Waals surface area contributed by atoms with Crippen molar-refractivity contribution in [2.24, 2.45) is 0 Å². The molecule has 0 aliphatic carbocycles. The fourth-order valence-corrected chi connectivity index (χ4v) is 5.91. The molecular weight excluding hydrogens is 504 g/mol. The minimum absolute atomic E-state index is 0.0859. The van der Waals surface area contributed by atoms with Gasteiger partial charge in [-0.15, -0.1) is 0 Å². The minimum Gasteiger partial charge on any atom is -0.507 e. The van der Waals surface area contributed by atoms with Crippen molar-refractivity contribution in [1.82, 2.24) is 0 Å². The van der Waals surface area contributed by atoms with Gasteiger partial charge in [0.1, 0.15) is 29.1 Å². The highest BCUT2D eigenvalue weighted by Crippen LogP contribution is 2.60. The van der Waals surface area contributed by atoms with Gasteiger partial charge in [-0.25, -0.2) is 0 Å². The van der Waals surface area contributed by atoms with Crippen molar-refractivity contribution in [2.75, 3.05) is 0 Å². The van der Waals surface area contributed by atoms with Crippen molar-refractivity contribution in [2.45, 2.75) is 36.8 Å². The lowest BCUT2D eigenvalue weighted by Crippen LogP contribution is -2.47. The van der Waals surface area contributed by atoms with E-state index in [1.165, 1.54) is 30.3 Å². The van der Waals surface area contributed by atoms with Crippen LogP contribution in [0.1, 0.15) is 46.3 Å². The predicted octanol–water partition coefficient (Wildman–Crippen LogP) is 4.41. The molecule has 9 nitrogen and oxygen atoms in total. The van der Waals surface area contributed by atoms with Gasteiger partial charge in [0.05, 0.1) is 6.10 Å². The molecule has 3 heterocycles. The summed E-state index contributed by atoms with van der Waals surface area (Å²) in [6.45, 7) is 0. The standard InChI is InChI=1S/C30H24O9/c31-19-7-5-14(9-22(19)34)28-24(36)11-17-21(33)12-26-27(29(17)37-28)18-13-30(39-26,15-6-8-20(32)23(35)10-15)38-25-4-2-1-3-16(18)25/h1-10,12,18,24,28,31-36H,11,13H2/t18-,24+,28-,30-/m1/s1. The van der Waals surface area contributed by atoms with E-state index >= 15 is 0 Å². The first-order chi connectivity index (χ1) is 18.7. The topological polar surface area (TPSA) is 149 Å². The molecule has 4 atom stereocenters. The van der Waals surface area contributed by atoms with E-state index in [0.29, 0.717) is 45.9 Å². The number of rotatable bonds is 2. The number of fused-ring (bicyclic) bond motifs is 8. The van der Waals surface area contributed by atoms with Crippen molar-refractivity contribution in [3.05, 3.63) is 94.5 Å². The maximum absolute atomic E-state index is 11.0. The summed E-state index contributed by atoms with van der Waals surface area (Å²) < 4.78 is 19.3. The average molecular weight is 529 g/mol. The van der Waals surface area contributed by atoms with Crippen LogP contribution < -0.4 is 14.2 Å². The number of phenolic OH excluding ortho intramolecular Hbond substituents is 5. The van der Waals surface area contributed by atoms with Crippen LogP contribution in [0.3, 0.4) is 0 Å². The third kappa shape index (κ3) is 3.43. The van der Waals surface area contributed by atoms with Gasteiger partial charge in [-0.05, 0) is 42.0 Å². The van der Waals surface area contributed by atoms with Gasteiger partial charge in [0, 0.05) is 47.1 Å². The number of hydrogen-bond donors (Lipinski definition) is 6. The van der Waals surface area contributed by atoms with Crippen molar-refractivity contribution < 1.29 is 44.8 Å². The summed E-state index contributed by atoms with van der Waals surface area (Å²) in [4.78, 5) is 0. The van der Waals surface area contributed by atoms with Crippen LogP contribution in [0.15, 0.2) is 66.7 Å². The maximum atomic E-state index is 11.0. The van der Waals surface area contributed by atoms with E-state index in [1.54, 1.807) is 12.1 Å². The summed E-state index contributed by atoms with van der Waals surface area (Å²) >= 11 is 0. The SMILES string of the molecule is Oc1ccc([C@H]2Oc3c(c(O)cc4c3[C@@H]3C[C@@](c5ccc(O)c(O)c5)(Oc5ccccc53)O4)C[C@@H]2O)cc1O. The van der Waals surface area contributed by atoms with Crippen LogP contribution in [0.25, 0.3) is 0 Å². The summed E-state index contributed by atoms with van der Waals surface area (Å²) in [6, 6.07) is 17.6. The van der Waals surface area contributed by atoms with E-state index in [9.17, 15) is 30.6 Å². The zero-order chi connectivity index (χ0) is 27.1. The fraction of sp³-hybridized carbons (Fsp3) is 0.200. The molecule has 4 aromatic rings. The zero-order valence-electron chi connectivity index (χ0n) is 20.4. The van der Waals surface area contributed by atoms with Crippen molar-refractivity contribution in [1.29, 1.82) is 0 Å². The predicted molar refractivity (Wildman–Crippen MR) is 137 cm³/mol. The van der Waals surface area contributed by atoms with E-state index < -0.39 is 18.0 Å². The Morgan fingerprint density at radius 1 is 0.718 bits per heavy atom. The van der Waals surface area contributed by atoms with Crippen LogP contribution in [0, 0.1) is 0 Å². The summed E-state index contributed by atoms with van der Waals surface area (Å²) in [5, 5.41) is 61.9. The fourth-order valence-electron chi connectivity index (χ4n) is 5.91. The van der Waals surface area contributed by atoms with E-state index in [1.807, 2.05) is 24.3 Å². The molecule has 2 bridgehead atoms. The molecule has 0 radical (unpaired) electrons. The Morgan fingerprint density at radius 3 is 2.21 bits per heavy atom. The maximum Gasteiger partial charge on any atom is 0.279 e. The molecule has 3 aliphatic rings. The molecule has 4 aromatic carbocycles. The Morgan fingerprint density at radius 2 is 1.44 bits per heavy atom. The largest absolute Gasteiger partial charge is 0.507 e. The van der Waals surface area contributed by atoms with Gasteiger partial charge in [-0.2, -0.15) is 0 Å². The lowest BCUT2D eigenvalue weighted by Gasteiger charge is -2.47.